The lowest BCUT2D eigenvalue weighted by atomic mass is 10.2. The molecule has 2 heterocycles. The fourth-order valence-corrected chi connectivity index (χ4v) is 6.48. The summed E-state index contributed by atoms with van der Waals surface area (Å²) in [5, 5.41) is 1.17. The Kier molecular flexibility index (Phi) is 6.70. The average molecular weight is 483 g/mol. The third-order valence-corrected chi connectivity index (χ3v) is 8.66. The summed E-state index contributed by atoms with van der Waals surface area (Å²) in [7, 11) is -1.48. The van der Waals surface area contributed by atoms with Crippen molar-refractivity contribution in [3.63, 3.8) is 0 Å². The number of likely N-dealkylation sites (N-methyl/N-ethyl adjacent to an activating group) is 1. The Morgan fingerprint density at radius 1 is 0.903 bits per heavy atom. The van der Waals surface area contributed by atoms with Crippen molar-refractivity contribution >= 4 is 44.6 Å². The minimum atomic E-state index is -3.59. The molecule has 0 aliphatic carbocycles. The van der Waals surface area contributed by atoms with Gasteiger partial charge >= 0.3 is 0 Å². The molecule has 2 saturated heterocycles. The Labute approximate surface area is 195 Å². The molecule has 168 valence electrons. The Bertz CT molecular complexity index is 1040. The van der Waals surface area contributed by atoms with Crippen LogP contribution in [0.3, 0.4) is 0 Å². The van der Waals surface area contributed by atoms with Gasteiger partial charge in [0.05, 0.1) is 15.6 Å². The second-order valence-corrected chi connectivity index (χ2v) is 11.0. The molecule has 0 aromatic heterocycles. The molecule has 2 aromatic carbocycles. The van der Waals surface area contributed by atoms with Gasteiger partial charge in [0, 0.05) is 62.6 Å². The molecule has 9 heteroatoms. The van der Waals surface area contributed by atoms with Crippen LogP contribution in [-0.2, 0) is 10.0 Å². The number of hydrogen-bond donors (Lipinski definition) is 0. The highest BCUT2D eigenvalue weighted by Crippen LogP contribution is 2.32. The second kappa shape index (κ2) is 9.16. The second-order valence-electron chi connectivity index (χ2n) is 8.29. The number of anilines is 2. The molecule has 0 saturated carbocycles. The van der Waals surface area contributed by atoms with Crippen LogP contribution in [0.5, 0.6) is 0 Å². The Hall–Kier alpha value is -1.51. The number of hydrogen-bond acceptors (Lipinski definition) is 5. The van der Waals surface area contributed by atoms with Crippen molar-refractivity contribution in [1.29, 1.82) is 0 Å². The maximum absolute atomic E-state index is 13.5. The molecule has 0 bridgehead atoms. The smallest absolute Gasteiger partial charge is 0.243 e. The van der Waals surface area contributed by atoms with Gasteiger partial charge in [-0.3, -0.25) is 0 Å². The van der Waals surface area contributed by atoms with Gasteiger partial charge in [-0.1, -0.05) is 29.3 Å². The predicted molar refractivity (Wildman–Crippen MR) is 128 cm³/mol. The predicted octanol–water partition coefficient (Wildman–Crippen LogP) is 3.64. The molecule has 0 radical (unpaired) electrons. The van der Waals surface area contributed by atoms with Gasteiger partial charge in [-0.15, -0.1) is 0 Å². The van der Waals surface area contributed by atoms with Gasteiger partial charge in [-0.05, 0) is 50.4 Å². The summed E-state index contributed by atoms with van der Waals surface area (Å²) in [6.45, 7) is 7.24. The molecule has 0 N–H and O–H groups in total. The van der Waals surface area contributed by atoms with E-state index < -0.39 is 10.0 Å². The van der Waals surface area contributed by atoms with Crippen LogP contribution in [-0.4, -0.2) is 76.5 Å². The average Bonchev–Trinajstić information content (AvgIpc) is 2.74. The van der Waals surface area contributed by atoms with Crippen molar-refractivity contribution in [3.8, 4) is 0 Å². The van der Waals surface area contributed by atoms with Crippen molar-refractivity contribution in [1.82, 2.24) is 9.21 Å². The van der Waals surface area contributed by atoms with E-state index in [1.807, 2.05) is 31.2 Å². The van der Waals surface area contributed by atoms with E-state index in [0.29, 0.717) is 34.6 Å². The third-order valence-electron chi connectivity index (χ3n) is 6.11. The van der Waals surface area contributed by atoms with Crippen molar-refractivity contribution in [2.24, 2.45) is 0 Å². The zero-order valence-electron chi connectivity index (χ0n) is 17.8. The Balaban J connectivity index is 1.51. The number of piperazine rings is 2. The van der Waals surface area contributed by atoms with Crippen LogP contribution in [0.25, 0.3) is 0 Å². The van der Waals surface area contributed by atoms with E-state index in [4.69, 9.17) is 23.2 Å². The molecule has 2 aliphatic rings. The lowest BCUT2D eigenvalue weighted by Gasteiger charge is -2.40. The van der Waals surface area contributed by atoms with Gasteiger partial charge in [0.1, 0.15) is 0 Å². The quantitative estimate of drug-likeness (QED) is 0.665. The van der Waals surface area contributed by atoms with Gasteiger partial charge in [0.15, 0.2) is 0 Å². The van der Waals surface area contributed by atoms with Crippen LogP contribution >= 0.6 is 23.2 Å². The van der Waals surface area contributed by atoms with Crippen molar-refractivity contribution < 1.29 is 8.42 Å². The summed E-state index contributed by atoms with van der Waals surface area (Å²) in [5.74, 6) is 0. The number of rotatable bonds is 4. The molecule has 6 nitrogen and oxygen atoms in total. The molecule has 4 rings (SSSR count). The summed E-state index contributed by atoms with van der Waals surface area (Å²) < 4.78 is 28.6. The van der Waals surface area contributed by atoms with Gasteiger partial charge in [-0.25, -0.2) is 8.42 Å². The van der Waals surface area contributed by atoms with Crippen molar-refractivity contribution in [2.45, 2.75) is 17.9 Å². The van der Waals surface area contributed by atoms with Crippen LogP contribution < -0.4 is 9.80 Å². The maximum atomic E-state index is 13.5. The van der Waals surface area contributed by atoms with E-state index >= 15 is 0 Å². The van der Waals surface area contributed by atoms with Gasteiger partial charge in [0.25, 0.3) is 0 Å². The molecular formula is C22H28Cl2N4O2S. The summed E-state index contributed by atoms with van der Waals surface area (Å²) in [6.07, 6.45) is 0. The van der Waals surface area contributed by atoms with Crippen LogP contribution in [0.15, 0.2) is 47.4 Å². The van der Waals surface area contributed by atoms with E-state index in [2.05, 4.69) is 21.7 Å². The van der Waals surface area contributed by atoms with Crippen molar-refractivity contribution in [2.75, 3.05) is 62.7 Å². The molecule has 0 amide bonds. The minimum Gasteiger partial charge on any atom is -0.369 e. The third kappa shape index (κ3) is 4.81. The molecule has 1 atom stereocenters. The fourth-order valence-electron chi connectivity index (χ4n) is 4.30. The van der Waals surface area contributed by atoms with Crippen LogP contribution in [0.1, 0.15) is 6.92 Å². The maximum Gasteiger partial charge on any atom is 0.243 e. The van der Waals surface area contributed by atoms with Crippen molar-refractivity contribution in [3.05, 3.63) is 52.5 Å². The highest BCUT2D eigenvalue weighted by molar-refractivity contribution is 7.89. The standard InChI is InChI=1S/C22H28Cl2N4O2S/c1-17-16-27(22-7-6-18(23)14-21(22)24)12-13-28(17)31(29,30)20-5-3-4-19(15-20)26-10-8-25(2)9-11-26/h3-7,14-15,17H,8-13,16H2,1-2H3/t17-/m1/s1. The first-order valence-electron chi connectivity index (χ1n) is 10.5. The molecule has 2 fully saturated rings. The number of sulfonamides is 1. The summed E-state index contributed by atoms with van der Waals surface area (Å²) in [5.41, 5.74) is 1.85. The zero-order valence-corrected chi connectivity index (χ0v) is 20.2. The highest BCUT2D eigenvalue weighted by atomic mass is 35.5. The first-order valence-corrected chi connectivity index (χ1v) is 12.7. The van der Waals surface area contributed by atoms with Gasteiger partial charge in [0.2, 0.25) is 10.0 Å². The SMILES string of the molecule is C[C@@H]1CN(c2ccc(Cl)cc2Cl)CCN1S(=O)(=O)c1cccc(N2CCN(C)CC2)c1. The lowest BCUT2D eigenvalue weighted by Crippen LogP contribution is -2.54. The Morgan fingerprint density at radius 2 is 1.61 bits per heavy atom. The molecule has 0 unspecified atom stereocenters. The minimum absolute atomic E-state index is 0.183. The van der Waals surface area contributed by atoms with Crippen LogP contribution in [0.4, 0.5) is 11.4 Å². The molecular weight excluding hydrogens is 455 g/mol. The van der Waals surface area contributed by atoms with E-state index in [-0.39, 0.29) is 6.04 Å². The lowest BCUT2D eigenvalue weighted by molar-refractivity contribution is 0.306. The van der Waals surface area contributed by atoms with E-state index in [9.17, 15) is 8.42 Å². The number of halogens is 2. The van der Waals surface area contributed by atoms with Gasteiger partial charge < -0.3 is 14.7 Å². The number of benzene rings is 2. The van der Waals surface area contributed by atoms with E-state index in [0.717, 1.165) is 37.6 Å². The highest BCUT2D eigenvalue weighted by Gasteiger charge is 2.34. The monoisotopic (exact) mass is 482 g/mol. The first-order chi connectivity index (χ1) is 14.8. The molecule has 0 spiro atoms. The van der Waals surface area contributed by atoms with Gasteiger partial charge in [-0.2, -0.15) is 4.31 Å². The first kappa shape index (κ1) is 22.7. The van der Waals surface area contributed by atoms with Crippen LogP contribution in [0, 0.1) is 0 Å². The van der Waals surface area contributed by atoms with E-state index in [1.165, 1.54) is 0 Å². The van der Waals surface area contributed by atoms with Crippen LogP contribution in [0.2, 0.25) is 10.0 Å². The summed E-state index contributed by atoms with van der Waals surface area (Å²) in [4.78, 5) is 7.01. The molecule has 2 aromatic rings. The summed E-state index contributed by atoms with van der Waals surface area (Å²) >= 11 is 12.4. The molecule has 2 aliphatic heterocycles. The largest absolute Gasteiger partial charge is 0.369 e. The van der Waals surface area contributed by atoms with E-state index in [1.54, 1.807) is 22.5 Å². The fraction of sp³-hybridized carbons (Fsp3) is 0.455. The normalized spacial score (nSPS) is 21.5. The summed E-state index contributed by atoms with van der Waals surface area (Å²) in [6, 6.07) is 12.6. The molecule has 31 heavy (non-hydrogen) atoms. The zero-order chi connectivity index (χ0) is 22.2. The number of nitrogens with zero attached hydrogens (tertiary/aromatic N) is 4. The topological polar surface area (TPSA) is 47.1 Å². The Morgan fingerprint density at radius 3 is 2.29 bits per heavy atom.